The molecule has 2 fully saturated rings. The van der Waals surface area contributed by atoms with E-state index in [9.17, 15) is 22.8 Å². The number of anilines is 1. The lowest BCUT2D eigenvalue weighted by molar-refractivity contribution is -0.167. The number of nitrogens with zero attached hydrogens (tertiary/aromatic N) is 2. The van der Waals surface area contributed by atoms with E-state index in [0.29, 0.717) is 16.0 Å². The first-order valence-electron chi connectivity index (χ1n) is 8.10. The van der Waals surface area contributed by atoms with E-state index in [1.807, 2.05) is 5.32 Å². The largest absolute Gasteiger partial charge is 0.471 e. The summed E-state index contributed by atoms with van der Waals surface area (Å²) in [5.74, 6) is -1.85. The average Bonchev–Trinajstić information content (AvgIpc) is 3.27. The summed E-state index contributed by atoms with van der Waals surface area (Å²) in [6, 6.07) is 3.05. The number of nitrogens with one attached hydrogen (secondary N) is 2. The second-order valence-electron chi connectivity index (χ2n) is 6.56. The Morgan fingerprint density at radius 2 is 2.08 bits per heavy atom. The Bertz CT molecular complexity index is 882. The van der Waals surface area contributed by atoms with Crippen LogP contribution in [0.3, 0.4) is 0 Å². The van der Waals surface area contributed by atoms with E-state index in [2.05, 4.69) is 15.2 Å². The number of halogens is 3. The Balaban J connectivity index is 1.48. The van der Waals surface area contributed by atoms with Crippen LogP contribution >= 0.6 is 11.3 Å². The minimum absolute atomic E-state index is 0.0579. The van der Waals surface area contributed by atoms with Crippen molar-refractivity contribution in [2.75, 3.05) is 25.0 Å². The topological polar surface area (TPSA) is 74.3 Å². The van der Waals surface area contributed by atoms with E-state index in [-0.39, 0.29) is 22.6 Å². The van der Waals surface area contributed by atoms with Crippen molar-refractivity contribution in [2.24, 2.45) is 5.92 Å². The summed E-state index contributed by atoms with van der Waals surface area (Å²) in [7, 11) is 0. The van der Waals surface area contributed by atoms with Crippen molar-refractivity contribution >= 4 is 38.2 Å². The highest BCUT2D eigenvalue weighted by Crippen LogP contribution is 2.31. The lowest BCUT2D eigenvalue weighted by atomic mass is 10.00. The number of fused-ring (bicyclic) bond motifs is 3. The van der Waals surface area contributed by atoms with Crippen LogP contribution in [0, 0.1) is 5.92 Å². The fourth-order valence-electron chi connectivity index (χ4n) is 3.49. The maximum atomic E-state index is 12.4. The molecule has 4 rings (SSSR count). The summed E-state index contributed by atoms with van der Waals surface area (Å²) in [6.07, 6.45) is -2.45. The van der Waals surface area contributed by atoms with Crippen molar-refractivity contribution in [1.82, 2.24) is 15.2 Å². The molecule has 6 nitrogen and oxygen atoms in total. The molecule has 4 heterocycles. The van der Waals surface area contributed by atoms with E-state index in [0.717, 1.165) is 37.4 Å². The predicted molar refractivity (Wildman–Crippen MR) is 90.1 cm³/mol. The Kier molecular flexibility index (Phi) is 4.11. The lowest BCUT2D eigenvalue weighted by Crippen LogP contribution is -2.43. The Labute approximate surface area is 150 Å². The Morgan fingerprint density at radius 1 is 1.27 bits per heavy atom. The standard InChI is InChI=1S/C16H15F3N4O2S/c17-16(18,19)15(25)22-13-3-9-5-20-10(4-12(9)26-13)14(24)21-11-7-23-2-1-8(11)6-23/h3-5,8,11H,1-2,6-7H2,(H,21,24)(H,22,25). The third kappa shape index (κ3) is 3.26. The van der Waals surface area contributed by atoms with Crippen LogP contribution in [-0.4, -0.2) is 53.6 Å². The second kappa shape index (κ2) is 6.20. The minimum atomic E-state index is -4.95. The first kappa shape index (κ1) is 17.2. The number of pyridine rings is 1. The molecule has 2 N–H and O–H groups in total. The van der Waals surface area contributed by atoms with Crippen LogP contribution in [0.4, 0.5) is 18.2 Å². The highest BCUT2D eigenvalue weighted by Gasteiger charge is 2.39. The van der Waals surface area contributed by atoms with Gasteiger partial charge in [-0.25, -0.2) is 0 Å². The zero-order valence-electron chi connectivity index (χ0n) is 13.5. The SMILES string of the molecule is O=C(NC1CN2CCC1C2)c1cc2sc(NC(=O)C(F)(F)F)cc2cn1. The van der Waals surface area contributed by atoms with E-state index in [1.165, 1.54) is 18.3 Å². The number of carbonyl (C=O) groups excluding carboxylic acids is 2. The van der Waals surface area contributed by atoms with Crippen LogP contribution in [0.2, 0.25) is 0 Å². The lowest BCUT2D eigenvalue weighted by Gasteiger charge is -2.22. The quantitative estimate of drug-likeness (QED) is 0.851. The van der Waals surface area contributed by atoms with Crippen molar-refractivity contribution < 1.29 is 22.8 Å². The van der Waals surface area contributed by atoms with Gasteiger partial charge in [0, 0.05) is 35.4 Å². The van der Waals surface area contributed by atoms with Crippen molar-refractivity contribution in [1.29, 1.82) is 0 Å². The third-order valence-corrected chi connectivity index (χ3v) is 5.79. The predicted octanol–water partition coefficient (Wildman–Crippen LogP) is 2.23. The Hall–Kier alpha value is -2.20. The van der Waals surface area contributed by atoms with Crippen LogP contribution < -0.4 is 10.6 Å². The summed E-state index contributed by atoms with van der Waals surface area (Å²) in [5, 5.41) is 5.43. The minimum Gasteiger partial charge on any atom is -0.346 e. The molecular weight excluding hydrogens is 369 g/mol. The number of alkyl halides is 3. The van der Waals surface area contributed by atoms with Crippen molar-refractivity contribution in [3.63, 3.8) is 0 Å². The zero-order chi connectivity index (χ0) is 18.5. The number of hydrogen-bond acceptors (Lipinski definition) is 5. The molecule has 138 valence electrons. The first-order valence-corrected chi connectivity index (χ1v) is 8.92. The van der Waals surface area contributed by atoms with Gasteiger partial charge in [-0.2, -0.15) is 13.2 Å². The molecule has 0 aromatic carbocycles. The van der Waals surface area contributed by atoms with Gasteiger partial charge in [-0.3, -0.25) is 14.6 Å². The monoisotopic (exact) mass is 384 g/mol. The van der Waals surface area contributed by atoms with E-state index >= 15 is 0 Å². The molecule has 2 aromatic rings. The van der Waals surface area contributed by atoms with Gasteiger partial charge in [0.05, 0.1) is 5.00 Å². The first-order chi connectivity index (χ1) is 12.3. The van der Waals surface area contributed by atoms with Crippen LogP contribution in [-0.2, 0) is 4.79 Å². The van der Waals surface area contributed by atoms with Gasteiger partial charge in [0.2, 0.25) is 0 Å². The van der Waals surface area contributed by atoms with Gasteiger partial charge >= 0.3 is 12.1 Å². The van der Waals surface area contributed by atoms with E-state index < -0.39 is 12.1 Å². The number of amides is 2. The molecule has 0 aliphatic carbocycles. The number of hydrogen-bond donors (Lipinski definition) is 2. The molecule has 2 amide bonds. The van der Waals surface area contributed by atoms with Gasteiger partial charge in [-0.15, -0.1) is 11.3 Å². The molecule has 0 saturated carbocycles. The average molecular weight is 384 g/mol. The van der Waals surface area contributed by atoms with E-state index in [4.69, 9.17) is 0 Å². The van der Waals surface area contributed by atoms with E-state index in [1.54, 1.807) is 0 Å². The summed E-state index contributed by atoms with van der Waals surface area (Å²) in [6.45, 7) is 2.92. The summed E-state index contributed by atoms with van der Waals surface area (Å²) in [5.41, 5.74) is 0.214. The molecule has 2 aromatic heterocycles. The smallest absolute Gasteiger partial charge is 0.346 e. The molecule has 2 bridgehead atoms. The highest BCUT2D eigenvalue weighted by atomic mass is 32.1. The van der Waals surface area contributed by atoms with Crippen LogP contribution in [0.15, 0.2) is 18.3 Å². The molecule has 3 atom stereocenters. The van der Waals surface area contributed by atoms with Crippen molar-refractivity contribution in [2.45, 2.75) is 18.6 Å². The van der Waals surface area contributed by atoms with Gasteiger partial charge in [-0.05, 0) is 31.0 Å². The molecule has 2 saturated heterocycles. The number of aromatic nitrogens is 1. The van der Waals surface area contributed by atoms with Gasteiger partial charge in [0.15, 0.2) is 0 Å². The zero-order valence-corrected chi connectivity index (χ0v) is 14.3. The number of piperidine rings is 1. The molecular formula is C16H15F3N4O2S. The van der Waals surface area contributed by atoms with Gasteiger partial charge < -0.3 is 15.5 Å². The van der Waals surface area contributed by atoms with Gasteiger partial charge in [0.1, 0.15) is 5.69 Å². The molecule has 3 unspecified atom stereocenters. The maximum Gasteiger partial charge on any atom is 0.471 e. The molecule has 0 spiro atoms. The molecule has 0 radical (unpaired) electrons. The molecule has 2 aliphatic rings. The second-order valence-corrected chi connectivity index (χ2v) is 7.64. The third-order valence-electron chi connectivity index (χ3n) is 4.78. The summed E-state index contributed by atoms with van der Waals surface area (Å²) < 4.78 is 37.6. The summed E-state index contributed by atoms with van der Waals surface area (Å²) >= 11 is 0.968. The molecule has 2 aliphatic heterocycles. The summed E-state index contributed by atoms with van der Waals surface area (Å²) in [4.78, 5) is 29.9. The molecule has 10 heteroatoms. The highest BCUT2D eigenvalue weighted by molar-refractivity contribution is 7.23. The normalized spacial score (nSPS) is 24.8. The molecule has 26 heavy (non-hydrogen) atoms. The number of rotatable bonds is 3. The van der Waals surface area contributed by atoms with Crippen LogP contribution in [0.25, 0.3) is 10.1 Å². The van der Waals surface area contributed by atoms with Crippen LogP contribution in [0.5, 0.6) is 0 Å². The number of thiophene rings is 1. The maximum absolute atomic E-state index is 12.4. The fourth-order valence-corrected chi connectivity index (χ4v) is 4.46. The number of carbonyl (C=O) groups is 2. The van der Waals surface area contributed by atoms with Crippen molar-refractivity contribution in [3.8, 4) is 0 Å². The van der Waals surface area contributed by atoms with Crippen molar-refractivity contribution in [3.05, 3.63) is 24.0 Å². The Morgan fingerprint density at radius 3 is 2.73 bits per heavy atom. The fraction of sp³-hybridized carbons (Fsp3) is 0.438. The van der Waals surface area contributed by atoms with Gasteiger partial charge in [-0.1, -0.05) is 0 Å². The van der Waals surface area contributed by atoms with Crippen LogP contribution in [0.1, 0.15) is 16.9 Å². The van der Waals surface area contributed by atoms with Gasteiger partial charge in [0.25, 0.3) is 5.91 Å².